The van der Waals surface area contributed by atoms with Crippen LogP contribution in [-0.4, -0.2) is 15.8 Å². The van der Waals surface area contributed by atoms with Gasteiger partial charge in [0.1, 0.15) is 0 Å². The van der Waals surface area contributed by atoms with Crippen LogP contribution in [0.4, 0.5) is 0 Å². The van der Waals surface area contributed by atoms with Crippen molar-refractivity contribution >= 4 is 16.8 Å². The Morgan fingerprint density at radius 1 is 1.36 bits per heavy atom. The third-order valence-corrected chi connectivity index (χ3v) is 4.44. The van der Waals surface area contributed by atoms with Gasteiger partial charge in [-0.3, -0.25) is 4.99 Å². The average molecular weight is 207 g/mol. The van der Waals surface area contributed by atoms with E-state index in [4.69, 9.17) is 4.99 Å². The van der Waals surface area contributed by atoms with Crippen LogP contribution >= 0.6 is 11.8 Å². The van der Waals surface area contributed by atoms with E-state index in [2.05, 4.69) is 52.0 Å². The highest BCUT2D eigenvalue weighted by Crippen LogP contribution is 2.44. The van der Waals surface area contributed by atoms with Gasteiger partial charge in [0.05, 0.1) is 15.8 Å². The van der Waals surface area contributed by atoms with Crippen LogP contribution in [0.2, 0.25) is 0 Å². The number of rotatable bonds is 0. The molecule has 2 atom stereocenters. The van der Waals surface area contributed by atoms with Gasteiger partial charge in [-0.2, -0.15) is 0 Å². The zero-order valence-corrected chi connectivity index (χ0v) is 10.1. The minimum Gasteiger partial charge on any atom is -0.270 e. The molecule has 0 saturated carbocycles. The molecule has 1 nitrogen and oxygen atoms in total. The number of fused-ring (bicyclic) bond motifs is 1. The summed E-state index contributed by atoms with van der Waals surface area (Å²) in [7, 11) is 0. The Bertz CT molecular complexity index is 333. The Balaban J connectivity index is 2.33. The molecule has 76 valence electrons. The van der Waals surface area contributed by atoms with Gasteiger partial charge < -0.3 is 0 Å². The highest BCUT2D eigenvalue weighted by atomic mass is 32.2. The normalized spacial score (nSPS) is 35.7. The minimum absolute atomic E-state index is 0.00201. The number of hydrogen-bond donors (Lipinski definition) is 0. The second-order valence-corrected chi connectivity index (χ2v) is 6.31. The number of allylic oxidation sites excluding steroid dienone is 2. The van der Waals surface area contributed by atoms with Crippen molar-refractivity contribution in [1.29, 1.82) is 0 Å². The van der Waals surface area contributed by atoms with Gasteiger partial charge in [-0.1, -0.05) is 45.1 Å². The summed E-state index contributed by atoms with van der Waals surface area (Å²) in [6.07, 6.45) is 8.70. The molecular formula is C12H17NS. The number of nitrogens with zero attached hydrogens (tertiary/aromatic N) is 1. The second kappa shape index (κ2) is 2.99. The molecule has 0 saturated heterocycles. The van der Waals surface area contributed by atoms with E-state index >= 15 is 0 Å². The van der Waals surface area contributed by atoms with Crippen molar-refractivity contribution in [2.24, 2.45) is 10.4 Å². The number of hydrogen-bond acceptors (Lipinski definition) is 2. The largest absolute Gasteiger partial charge is 0.270 e. The lowest BCUT2D eigenvalue weighted by molar-refractivity contribution is 0.575. The molecule has 0 aromatic rings. The van der Waals surface area contributed by atoms with E-state index in [1.807, 2.05) is 11.8 Å². The van der Waals surface area contributed by atoms with Crippen LogP contribution in [0.1, 0.15) is 27.7 Å². The van der Waals surface area contributed by atoms with Gasteiger partial charge in [0, 0.05) is 5.41 Å². The predicted molar refractivity (Wildman–Crippen MR) is 65.0 cm³/mol. The highest BCUT2D eigenvalue weighted by molar-refractivity contribution is 8.15. The first-order valence-electron chi connectivity index (χ1n) is 5.05. The van der Waals surface area contributed by atoms with Gasteiger partial charge >= 0.3 is 0 Å². The van der Waals surface area contributed by atoms with Crippen LogP contribution in [0.15, 0.2) is 29.3 Å². The van der Waals surface area contributed by atoms with E-state index in [1.165, 1.54) is 5.04 Å². The van der Waals surface area contributed by atoms with Crippen LogP contribution in [0.5, 0.6) is 0 Å². The molecule has 0 aromatic heterocycles. The molecule has 1 heterocycles. The summed E-state index contributed by atoms with van der Waals surface area (Å²) < 4.78 is 0. The number of aliphatic imine (C=N–C) groups is 1. The molecule has 1 aliphatic heterocycles. The summed E-state index contributed by atoms with van der Waals surface area (Å²) in [5.74, 6) is 0. The second-order valence-electron chi connectivity index (χ2n) is 5.18. The van der Waals surface area contributed by atoms with Crippen molar-refractivity contribution in [2.45, 2.75) is 38.5 Å². The minimum atomic E-state index is 0.00201. The third kappa shape index (κ3) is 1.56. The van der Waals surface area contributed by atoms with Gasteiger partial charge in [-0.15, -0.1) is 11.8 Å². The molecule has 2 aliphatic rings. The lowest BCUT2D eigenvalue weighted by Gasteiger charge is -2.24. The SMILES string of the molecule is CC(C)(C)C1=NC2(C)C=CC=CC2S1. The standard InChI is InChI=1S/C12H17NS/c1-11(2,3)10-13-12(4)8-6-5-7-9(12)14-10/h5-9H,1-4H3. The summed E-state index contributed by atoms with van der Waals surface area (Å²) in [6, 6.07) is 0. The molecule has 0 bridgehead atoms. The Morgan fingerprint density at radius 2 is 2.07 bits per heavy atom. The smallest absolute Gasteiger partial charge is 0.0929 e. The summed E-state index contributed by atoms with van der Waals surface area (Å²) in [5.41, 5.74) is 0.189. The van der Waals surface area contributed by atoms with Crippen molar-refractivity contribution < 1.29 is 0 Å². The van der Waals surface area contributed by atoms with Gasteiger partial charge in [-0.05, 0) is 6.92 Å². The molecule has 0 fully saturated rings. The predicted octanol–water partition coefficient (Wildman–Crippen LogP) is 3.43. The first kappa shape index (κ1) is 10.0. The zero-order chi connectivity index (χ0) is 10.4. The van der Waals surface area contributed by atoms with E-state index in [-0.39, 0.29) is 11.0 Å². The van der Waals surface area contributed by atoms with Gasteiger partial charge in [-0.25, -0.2) is 0 Å². The fourth-order valence-electron chi connectivity index (χ4n) is 1.67. The van der Waals surface area contributed by atoms with E-state index in [9.17, 15) is 0 Å². The Kier molecular flexibility index (Phi) is 2.15. The molecule has 0 N–H and O–H groups in total. The van der Waals surface area contributed by atoms with Gasteiger partial charge in [0.25, 0.3) is 0 Å². The van der Waals surface area contributed by atoms with Gasteiger partial charge in [0.2, 0.25) is 0 Å². The molecule has 0 radical (unpaired) electrons. The summed E-state index contributed by atoms with van der Waals surface area (Å²) >= 11 is 1.91. The molecule has 0 spiro atoms. The molecule has 0 amide bonds. The molecular weight excluding hydrogens is 190 g/mol. The topological polar surface area (TPSA) is 12.4 Å². The van der Waals surface area contributed by atoms with Crippen LogP contribution < -0.4 is 0 Å². The lowest BCUT2D eigenvalue weighted by Crippen LogP contribution is -2.29. The first-order chi connectivity index (χ1) is 6.42. The zero-order valence-electron chi connectivity index (χ0n) is 9.24. The maximum Gasteiger partial charge on any atom is 0.0929 e. The monoisotopic (exact) mass is 207 g/mol. The van der Waals surface area contributed by atoms with E-state index in [0.717, 1.165) is 0 Å². The molecule has 14 heavy (non-hydrogen) atoms. The lowest BCUT2D eigenvalue weighted by atomic mass is 9.92. The van der Waals surface area contributed by atoms with Crippen molar-refractivity contribution in [3.05, 3.63) is 24.3 Å². The molecule has 2 rings (SSSR count). The van der Waals surface area contributed by atoms with Crippen LogP contribution in [0.3, 0.4) is 0 Å². The Morgan fingerprint density at radius 3 is 2.64 bits per heavy atom. The summed E-state index contributed by atoms with van der Waals surface area (Å²) in [6.45, 7) is 8.90. The fraction of sp³-hybridized carbons (Fsp3) is 0.583. The van der Waals surface area contributed by atoms with Crippen LogP contribution in [0.25, 0.3) is 0 Å². The highest BCUT2D eigenvalue weighted by Gasteiger charge is 2.41. The van der Waals surface area contributed by atoms with E-state index in [1.54, 1.807) is 0 Å². The van der Waals surface area contributed by atoms with Crippen molar-refractivity contribution in [2.75, 3.05) is 0 Å². The Hall–Kier alpha value is -0.500. The average Bonchev–Trinajstić information content (AvgIpc) is 2.40. The van der Waals surface area contributed by atoms with Crippen molar-refractivity contribution in [1.82, 2.24) is 0 Å². The fourth-order valence-corrected chi connectivity index (χ4v) is 3.06. The summed E-state index contributed by atoms with van der Waals surface area (Å²) in [4.78, 5) is 4.85. The summed E-state index contributed by atoms with van der Waals surface area (Å²) in [5, 5.41) is 1.78. The van der Waals surface area contributed by atoms with E-state index in [0.29, 0.717) is 5.25 Å². The van der Waals surface area contributed by atoms with Crippen LogP contribution in [-0.2, 0) is 0 Å². The third-order valence-electron chi connectivity index (χ3n) is 2.63. The number of thioether (sulfide) groups is 1. The van der Waals surface area contributed by atoms with Gasteiger partial charge in [0.15, 0.2) is 0 Å². The maximum absolute atomic E-state index is 4.85. The Labute approximate surface area is 90.4 Å². The maximum atomic E-state index is 4.85. The van der Waals surface area contributed by atoms with E-state index < -0.39 is 0 Å². The van der Waals surface area contributed by atoms with Crippen molar-refractivity contribution in [3.63, 3.8) is 0 Å². The molecule has 0 aromatic carbocycles. The first-order valence-corrected chi connectivity index (χ1v) is 5.93. The molecule has 2 heteroatoms. The van der Waals surface area contributed by atoms with Crippen molar-refractivity contribution in [3.8, 4) is 0 Å². The quantitative estimate of drug-likeness (QED) is 0.593. The van der Waals surface area contributed by atoms with Crippen LogP contribution in [0, 0.1) is 5.41 Å². The molecule has 1 aliphatic carbocycles. The molecule has 2 unspecified atom stereocenters.